The molecule has 1 unspecified atom stereocenters. The van der Waals surface area contributed by atoms with E-state index in [-0.39, 0.29) is 13.2 Å². The third kappa shape index (κ3) is 2.34. The van der Waals surface area contributed by atoms with Gasteiger partial charge in [-0.2, -0.15) is 0 Å². The van der Waals surface area contributed by atoms with Crippen molar-refractivity contribution in [3.8, 4) is 0 Å². The molecule has 1 atom stereocenters. The monoisotopic (exact) mass is 262 g/mol. The Balaban J connectivity index is 2.14. The predicted molar refractivity (Wildman–Crippen MR) is 66.4 cm³/mol. The van der Waals surface area contributed by atoms with Gasteiger partial charge in [-0.1, -0.05) is 12.1 Å². The minimum Gasteiger partial charge on any atom is -0.465 e. The van der Waals surface area contributed by atoms with Crippen molar-refractivity contribution >= 4 is 17.8 Å². The van der Waals surface area contributed by atoms with E-state index in [2.05, 4.69) is 0 Å². The normalized spacial score (nSPS) is 15.4. The van der Waals surface area contributed by atoms with E-state index in [1.165, 1.54) is 0 Å². The molecule has 2 amide bonds. The molecule has 0 spiro atoms. The van der Waals surface area contributed by atoms with Crippen molar-refractivity contribution < 1.29 is 19.1 Å². The summed E-state index contributed by atoms with van der Waals surface area (Å²) in [6.45, 7) is 1.69. The molecule has 1 aliphatic rings. The zero-order valence-corrected chi connectivity index (χ0v) is 10.5. The average molecular weight is 262 g/mol. The first kappa shape index (κ1) is 13.2. The number of hydrogen-bond donors (Lipinski definition) is 1. The topological polar surface area (TPSA) is 89.7 Å². The summed E-state index contributed by atoms with van der Waals surface area (Å²) in [5, 5.41) is 0. The molecular formula is C13H14N2O4. The van der Waals surface area contributed by atoms with E-state index in [1.54, 1.807) is 31.2 Å². The van der Waals surface area contributed by atoms with Gasteiger partial charge in [0.1, 0.15) is 6.04 Å². The lowest BCUT2D eigenvalue weighted by Crippen LogP contribution is -2.45. The quantitative estimate of drug-likeness (QED) is 0.617. The number of carbonyl (C=O) groups is 3. The van der Waals surface area contributed by atoms with Crippen LogP contribution in [0.25, 0.3) is 0 Å². The molecule has 1 aliphatic heterocycles. The van der Waals surface area contributed by atoms with Gasteiger partial charge in [-0.05, 0) is 19.1 Å². The number of rotatable bonds is 4. The summed E-state index contributed by atoms with van der Waals surface area (Å²) in [4.78, 5) is 36.4. The molecule has 1 heterocycles. The van der Waals surface area contributed by atoms with Crippen LogP contribution in [0.4, 0.5) is 0 Å². The summed E-state index contributed by atoms with van der Waals surface area (Å²) >= 11 is 0. The Labute approximate surface area is 110 Å². The zero-order valence-electron chi connectivity index (χ0n) is 10.5. The number of ether oxygens (including phenoxy) is 1. The largest absolute Gasteiger partial charge is 0.465 e. The molecule has 0 bridgehead atoms. The summed E-state index contributed by atoms with van der Waals surface area (Å²) in [6.07, 6.45) is 0. The number of fused-ring (bicyclic) bond motifs is 1. The fraction of sp³-hybridized carbons (Fsp3) is 0.308. The van der Waals surface area contributed by atoms with Gasteiger partial charge >= 0.3 is 5.97 Å². The lowest BCUT2D eigenvalue weighted by atomic mass is 10.1. The van der Waals surface area contributed by atoms with Crippen LogP contribution in [0.3, 0.4) is 0 Å². The smallest absolute Gasteiger partial charge is 0.324 e. The van der Waals surface area contributed by atoms with Crippen LogP contribution in [0.2, 0.25) is 0 Å². The van der Waals surface area contributed by atoms with Gasteiger partial charge in [-0.15, -0.1) is 0 Å². The molecule has 0 saturated heterocycles. The molecule has 0 fully saturated rings. The third-order valence-electron chi connectivity index (χ3n) is 2.85. The number of esters is 1. The number of hydrogen-bond acceptors (Lipinski definition) is 5. The fourth-order valence-electron chi connectivity index (χ4n) is 1.93. The SMILES string of the molecule is CCOC(=O)C(N)CN1C(=O)c2ccccc2C1=O. The summed E-state index contributed by atoms with van der Waals surface area (Å²) < 4.78 is 4.75. The highest BCUT2D eigenvalue weighted by molar-refractivity contribution is 6.21. The summed E-state index contributed by atoms with van der Waals surface area (Å²) in [6, 6.07) is 5.48. The van der Waals surface area contributed by atoms with Crippen LogP contribution in [-0.4, -0.2) is 41.9 Å². The molecule has 1 aromatic carbocycles. The van der Waals surface area contributed by atoms with Gasteiger partial charge in [-0.25, -0.2) is 0 Å². The Morgan fingerprint density at radius 1 is 1.26 bits per heavy atom. The van der Waals surface area contributed by atoms with Crippen molar-refractivity contribution in [3.05, 3.63) is 35.4 Å². The molecule has 2 N–H and O–H groups in total. The first-order valence-corrected chi connectivity index (χ1v) is 5.93. The minimum atomic E-state index is -1.03. The van der Waals surface area contributed by atoms with E-state index in [9.17, 15) is 14.4 Å². The molecule has 100 valence electrons. The van der Waals surface area contributed by atoms with Crippen LogP contribution >= 0.6 is 0 Å². The fourth-order valence-corrected chi connectivity index (χ4v) is 1.93. The summed E-state index contributed by atoms with van der Waals surface area (Å²) in [5.74, 6) is -1.49. The first-order valence-electron chi connectivity index (χ1n) is 5.93. The lowest BCUT2D eigenvalue weighted by Gasteiger charge is -2.17. The summed E-state index contributed by atoms with van der Waals surface area (Å²) in [5.41, 5.74) is 6.30. The van der Waals surface area contributed by atoms with Crippen molar-refractivity contribution in [2.45, 2.75) is 13.0 Å². The van der Waals surface area contributed by atoms with E-state index in [4.69, 9.17) is 10.5 Å². The van der Waals surface area contributed by atoms with Crippen LogP contribution in [0.5, 0.6) is 0 Å². The molecule has 6 nitrogen and oxygen atoms in total. The van der Waals surface area contributed by atoms with Gasteiger partial charge in [0.05, 0.1) is 24.3 Å². The molecular weight excluding hydrogens is 248 g/mol. The molecule has 0 radical (unpaired) electrons. The highest BCUT2D eigenvalue weighted by atomic mass is 16.5. The van der Waals surface area contributed by atoms with Crippen molar-refractivity contribution in [3.63, 3.8) is 0 Å². The van der Waals surface area contributed by atoms with Gasteiger partial charge in [0.2, 0.25) is 0 Å². The van der Waals surface area contributed by atoms with Crippen LogP contribution in [0.1, 0.15) is 27.6 Å². The average Bonchev–Trinajstić information content (AvgIpc) is 2.65. The van der Waals surface area contributed by atoms with Gasteiger partial charge in [0, 0.05) is 0 Å². The minimum absolute atomic E-state index is 0.175. The van der Waals surface area contributed by atoms with Crippen molar-refractivity contribution in [2.24, 2.45) is 5.73 Å². The number of imide groups is 1. The van der Waals surface area contributed by atoms with E-state index >= 15 is 0 Å². The Morgan fingerprint density at radius 3 is 2.26 bits per heavy atom. The first-order chi connectivity index (χ1) is 9.06. The lowest BCUT2D eigenvalue weighted by molar-refractivity contribution is -0.144. The maximum atomic E-state index is 12.0. The highest BCUT2D eigenvalue weighted by Crippen LogP contribution is 2.22. The number of amides is 2. The van der Waals surface area contributed by atoms with Crippen LogP contribution < -0.4 is 5.73 Å². The van der Waals surface area contributed by atoms with E-state index in [0.29, 0.717) is 11.1 Å². The third-order valence-corrected chi connectivity index (χ3v) is 2.85. The highest BCUT2D eigenvalue weighted by Gasteiger charge is 2.37. The second kappa shape index (κ2) is 5.19. The maximum absolute atomic E-state index is 12.0. The van der Waals surface area contributed by atoms with Crippen LogP contribution in [-0.2, 0) is 9.53 Å². The maximum Gasteiger partial charge on any atom is 0.324 e. The van der Waals surface area contributed by atoms with Gasteiger partial charge in [0.15, 0.2) is 0 Å². The molecule has 0 aromatic heterocycles. The van der Waals surface area contributed by atoms with E-state index in [1.807, 2.05) is 0 Å². The van der Waals surface area contributed by atoms with Gasteiger partial charge in [-0.3, -0.25) is 19.3 Å². The van der Waals surface area contributed by atoms with Crippen LogP contribution in [0, 0.1) is 0 Å². The number of nitrogens with zero attached hydrogens (tertiary/aromatic N) is 1. The van der Waals surface area contributed by atoms with Crippen molar-refractivity contribution in [1.82, 2.24) is 4.90 Å². The molecule has 19 heavy (non-hydrogen) atoms. The molecule has 0 aliphatic carbocycles. The van der Waals surface area contributed by atoms with Crippen LogP contribution in [0.15, 0.2) is 24.3 Å². The predicted octanol–water partition coefficient (Wildman–Crippen LogP) is 0.173. The summed E-state index contributed by atoms with van der Waals surface area (Å²) in [7, 11) is 0. The van der Waals surface area contributed by atoms with E-state index in [0.717, 1.165) is 4.90 Å². The molecule has 2 rings (SSSR count). The Kier molecular flexibility index (Phi) is 3.62. The number of carbonyl (C=O) groups excluding carboxylic acids is 3. The standard InChI is InChI=1S/C13H14N2O4/c1-2-19-13(18)10(14)7-15-11(16)8-5-3-4-6-9(8)12(15)17/h3-6,10H,2,7,14H2,1H3. The Bertz CT molecular complexity index is 506. The second-order valence-electron chi connectivity index (χ2n) is 4.13. The second-order valence-corrected chi connectivity index (χ2v) is 4.13. The zero-order chi connectivity index (χ0) is 14.0. The van der Waals surface area contributed by atoms with Gasteiger partial charge in [0.25, 0.3) is 11.8 Å². The number of benzene rings is 1. The molecule has 1 aromatic rings. The molecule has 6 heteroatoms. The Hall–Kier alpha value is -2.21. The number of nitrogens with two attached hydrogens (primary N) is 1. The van der Waals surface area contributed by atoms with Crippen molar-refractivity contribution in [2.75, 3.05) is 13.2 Å². The van der Waals surface area contributed by atoms with Crippen molar-refractivity contribution in [1.29, 1.82) is 0 Å². The Morgan fingerprint density at radius 2 is 1.79 bits per heavy atom. The van der Waals surface area contributed by atoms with E-state index < -0.39 is 23.8 Å². The molecule has 0 saturated carbocycles. The van der Waals surface area contributed by atoms with Gasteiger partial charge < -0.3 is 10.5 Å².